The first-order valence-electron chi connectivity index (χ1n) is 10.5. The summed E-state index contributed by atoms with van der Waals surface area (Å²) in [4.78, 5) is 33.3. The van der Waals surface area contributed by atoms with Crippen molar-refractivity contribution in [2.75, 3.05) is 11.1 Å². The van der Waals surface area contributed by atoms with Crippen molar-refractivity contribution in [3.8, 4) is 11.1 Å². The van der Waals surface area contributed by atoms with Gasteiger partial charge in [-0.2, -0.15) is 4.99 Å². The first-order valence-corrected chi connectivity index (χ1v) is 10.5. The number of aromatic nitrogens is 4. The monoisotopic (exact) mass is 430 g/mol. The van der Waals surface area contributed by atoms with Crippen LogP contribution in [0.3, 0.4) is 0 Å². The number of carbonyl (C=O) groups is 1. The Morgan fingerprint density at radius 3 is 2.22 bits per heavy atom. The fourth-order valence-electron chi connectivity index (χ4n) is 3.77. The number of carbonyl (C=O) groups excluding carboxylic acids is 1. The van der Waals surface area contributed by atoms with Crippen LogP contribution >= 0.6 is 0 Å². The third-order valence-corrected chi connectivity index (χ3v) is 5.67. The van der Waals surface area contributed by atoms with Crippen molar-refractivity contribution in [2.45, 2.75) is 44.6 Å². The van der Waals surface area contributed by atoms with Gasteiger partial charge in [0.2, 0.25) is 5.95 Å². The van der Waals surface area contributed by atoms with Crippen LogP contribution in [0.2, 0.25) is 0 Å². The van der Waals surface area contributed by atoms with Gasteiger partial charge in [0.05, 0.1) is 17.8 Å². The topological polar surface area (TPSA) is 145 Å². The zero-order chi connectivity index (χ0) is 22.7. The highest BCUT2D eigenvalue weighted by atomic mass is 16.1. The number of amidine groups is 1. The zero-order valence-corrected chi connectivity index (χ0v) is 18.1. The molecule has 0 radical (unpaired) electrons. The lowest BCUT2D eigenvalue weighted by Crippen LogP contribution is -2.47. The fraction of sp³-hybridized carbons (Fsp3) is 0.304. The van der Waals surface area contributed by atoms with Crippen LogP contribution in [0, 0.1) is 0 Å². The molecule has 4 rings (SSSR count). The molecule has 0 unspecified atom stereocenters. The van der Waals surface area contributed by atoms with Gasteiger partial charge in [-0.1, -0.05) is 30.7 Å². The van der Waals surface area contributed by atoms with Crippen LogP contribution in [0.1, 0.15) is 49.2 Å². The molecule has 1 amide bonds. The van der Waals surface area contributed by atoms with Crippen LogP contribution < -0.4 is 16.8 Å². The van der Waals surface area contributed by atoms with E-state index in [0.29, 0.717) is 11.7 Å². The first kappa shape index (κ1) is 21.4. The Hall–Kier alpha value is -3.88. The number of nitrogens with zero attached hydrogens (tertiary/aromatic N) is 5. The minimum atomic E-state index is -0.493. The average Bonchev–Trinajstić information content (AvgIpc) is 2.74. The van der Waals surface area contributed by atoms with Crippen LogP contribution in [0.25, 0.3) is 11.1 Å². The molecule has 32 heavy (non-hydrogen) atoms. The number of benzene rings is 1. The van der Waals surface area contributed by atoms with E-state index in [0.717, 1.165) is 36.0 Å². The van der Waals surface area contributed by atoms with Crippen LogP contribution in [-0.4, -0.2) is 37.7 Å². The van der Waals surface area contributed by atoms with Crippen molar-refractivity contribution in [3.05, 3.63) is 60.3 Å². The van der Waals surface area contributed by atoms with E-state index in [4.69, 9.17) is 11.5 Å². The van der Waals surface area contributed by atoms with E-state index >= 15 is 0 Å². The number of nitrogens with two attached hydrogens (primary N) is 2. The number of nitrogen functional groups attached to an aromatic ring is 1. The Balaban J connectivity index is 1.54. The van der Waals surface area contributed by atoms with Gasteiger partial charge in [0.1, 0.15) is 17.3 Å². The van der Waals surface area contributed by atoms with Crippen LogP contribution in [-0.2, 0) is 5.41 Å². The highest BCUT2D eigenvalue weighted by molar-refractivity contribution is 6.05. The van der Waals surface area contributed by atoms with E-state index in [9.17, 15) is 4.79 Å². The van der Waals surface area contributed by atoms with Crippen molar-refractivity contribution in [1.29, 1.82) is 0 Å². The van der Waals surface area contributed by atoms with Crippen molar-refractivity contribution in [3.63, 3.8) is 0 Å². The molecule has 1 aromatic carbocycles. The van der Waals surface area contributed by atoms with Gasteiger partial charge in [0.15, 0.2) is 0 Å². The molecule has 3 aromatic rings. The summed E-state index contributed by atoms with van der Waals surface area (Å²) in [5.41, 5.74) is 14.5. The van der Waals surface area contributed by atoms with Gasteiger partial charge >= 0.3 is 0 Å². The number of hydrogen-bond acceptors (Lipinski definition) is 7. The lowest BCUT2D eigenvalue weighted by molar-refractivity contribution is 0.0996. The molecule has 0 saturated heterocycles. The maximum atomic E-state index is 12.7. The molecule has 1 saturated carbocycles. The molecule has 1 fully saturated rings. The van der Waals surface area contributed by atoms with Crippen LogP contribution in [0.4, 0.5) is 11.8 Å². The van der Waals surface area contributed by atoms with Gasteiger partial charge in [-0.15, -0.1) is 0 Å². The van der Waals surface area contributed by atoms with Gasteiger partial charge < -0.3 is 16.8 Å². The van der Waals surface area contributed by atoms with Crippen molar-refractivity contribution in [2.24, 2.45) is 10.7 Å². The minimum Gasteiger partial charge on any atom is -0.386 e. The van der Waals surface area contributed by atoms with Crippen molar-refractivity contribution < 1.29 is 4.79 Å². The highest BCUT2D eigenvalue weighted by Gasteiger charge is 2.43. The van der Waals surface area contributed by atoms with E-state index in [2.05, 4.69) is 30.2 Å². The minimum absolute atomic E-state index is 0.162. The summed E-state index contributed by atoms with van der Waals surface area (Å²) < 4.78 is 0. The summed E-state index contributed by atoms with van der Waals surface area (Å²) >= 11 is 0. The zero-order valence-electron chi connectivity index (χ0n) is 18.1. The maximum Gasteiger partial charge on any atom is 0.298 e. The number of anilines is 2. The van der Waals surface area contributed by atoms with Crippen molar-refractivity contribution in [1.82, 2.24) is 19.9 Å². The SMILES string of the molecule is CC(C)Nc1cnc(C(=O)N=C(N)C2(c3ccc(-c4cnc(N)nc4)cc3)CCC2)cn1. The lowest BCUT2D eigenvalue weighted by Gasteiger charge is -2.41. The average molecular weight is 431 g/mol. The number of hydrogen-bond donors (Lipinski definition) is 3. The second-order valence-electron chi connectivity index (χ2n) is 8.23. The van der Waals surface area contributed by atoms with Gasteiger partial charge in [-0.25, -0.2) is 19.9 Å². The number of amides is 1. The molecule has 1 aliphatic rings. The van der Waals surface area contributed by atoms with E-state index in [1.165, 1.54) is 12.4 Å². The Labute approximate surface area is 186 Å². The molecule has 0 atom stereocenters. The van der Waals surface area contributed by atoms with Gasteiger partial charge in [-0.05, 0) is 37.8 Å². The van der Waals surface area contributed by atoms with Gasteiger partial charge in [0.25, 0.3) is 5.91 Å². The predicted molar refractivity (Wildman–Crippen MR) is 124 cm³/mol. The van der Waals surface area contributed by atoms with E-state index in [1.54, 1.807) is 12.4 Å². The summed E-state index contributed by atoms with van der Waals surface area (Å²) in [7, 11) is 0. The molecule has 9 heteroatoms. The summed E-state index contributed by atoms with van der Waals surface area (Å²) in [6, 6.07) is 8.24. The molecular formula is C23H26N8O. The second kappa shape index (κ2) is 8.70. The van der Waals surface area contributed by atoms with Crippen molar-refractivity contribution >= 4 is 23.5 Å². The van der Waals surface area contributed by atoms with Crippen LogP contribution in [0.15, 0.2) is 54.0 Å². The van der Waals surface area contributed by atoms with Crippen LogP contribution in [0.5, 0.6) is 0 Å². The van der Waals surface area contributed by atoms with Gasteiger partial charge in [0, 0.05) is 24.0 Å². The molecule has 2 heterocycles. The molecule has 0 bridgehead atoms. The quantitative estimate of drug-likeness (QED) is 0.400. The van der Waals surface area contributed by atoms with E-state index in [1.807, 2.05) is 38.1 Å². The Bertz CT molecular complexity index is 1120. The number of rotatable bonds is 6. The Morgan fingerprint density at radius 1 is 1.00 bits per heavy atom. The maximum absolute atomic E-state index is 12.7. The summed E-state index contributed by atoms with van der Waals surface area (Å²) in [6.45, 7) is 4.00. The third-order valence-electron chi connectivity index (χ3n) is 5.67. The largest absolute Gasteiger partial charge is 0.386 e. The Morgan fingerprint density at radius 2 is 1.69 bits per heavy atom. The summed E-state index contributed by atoms with van der Waals surface area (Å²) in [5, 5.41) is 3.14. The predicted octanol–water partition coefficient (Wildman–Crippen LogP) is 2.96. The second-order valence-corrected chi connectivity index (χ2v) is 8.23. The molecular weight excluding hydrogens is 404 g/mol. The van der Waals surface area contributed by atoms with E-state index in [-0.39, 0.29) is 17.7 Å². The smallest absolute Gasteiger partial charge is 0.298 e. The Kier molecular flexibility index (Phi) is 5.81. The first-order chi connectivity index (χ1) is 15.4. The van der Waals surface area contributed by atoms with Gasteiger partial charge in [-0.3, -0.25) is 4.79 Å². The molecule has 164 valence electrons. The van der Waals surface area contributed by atoms with E-state index < -0.39 is 11.3 Å². The molecule has 0 aliphatic heterocycles. The normalized spacial score (nSPS) is 15.3. The molecule has 5 N–H and O–H groups in total. The molecule has 1 aliphatic carbocycles. The highest BCUT2D eigenvalue weighted by Crippen LogP contribution is 2.44. The standard InChI is InChI=1S/C23H26N8O/c1-14(2)30-19-13-26-18(12-27-19)20(32)31-21(24)23(8-3-9-23)17-6-4-15(5-7-17)16-10-28-22(25)29-11-16/h4-7,10-14H,3,8-9H2,1-2H3,(H,27,30)(H2,24,31,32)(H2,25,28,29). The molecule has 2 aromatic heterocycles. The fourth-order valence-corrected chi connectivity index (χ4v) is 3.77. The number of aliphatic imine (C=N–C) groups is 1. The molecule has 9 nitrogen and oxygen atoms in total. The summed E-state index contributed by atoms with van der Waals surface area (Å²) in [6.07, 6.45) is 9.01. The molecule has 0 spiro atoms. The lowest BCUT2D eigenvalue weighted by atomic mass is 9.63. The summed E-state index contributed by atoms with van der Waals surface area (Å²) in [5.74, 6) is 0.662. The number of nitrogens with one attached hydrogen (secondary N) is 1. The third kappa shape index (κ3) is 4.27.